The van der Waals surface area contributed by atoms with E-state index in [0.717, 1.165) is 32.1 Å². The van der Waals surface area contributed by atoms with Crippen molar-refractivity contribution in [3.63, 3.8) is 0 Å². The molecule has 1 unspecified atom stereocenters. The minimum absolute atomic E-state index is 0.425. The number of rotatable bonds is 4. The maximum Gasteiger partial charge on any atom is 0.454 e. The molecule has 126 valence electrons. The van der Waals surface area contributed by atoms with Crippen LogP contribution < -0.4 is 4.90 Å². The molecule has 1 aliphatic heterocycles. The number of benzene rings is 1. The van der Waals surface area contributed by atoms with Gasteiger partial charge in [-0.2, -0.15) is 13.2 Å². The Bertz CT molecular complexity index is 698. The van der Waals surface area contributed by atoms with Crippen LogP contribution in [0.15, 0.2) is 48.7 Å². The molecule has 1 saturated heterocycles. The fourth-order valence-electron chi connectivity index (χ4n) is 3.03. The summed E-state index contributed by atoms with van der Waals surface area (Å²) in [5.41, 5.74) is 0.856. The quantitative estimate of drug-likeness (QED) is 0.795. The summed E-state index contributed by atoms with van der Waals surface area (Å²) in [5.74, 6) is -0.750. The molecular formula is C18H17F3N2O. The zero-order chi connectivity index (χ0) is 17.2. The Morgan fingerprint density at radius 2 is 1.92 bits per heavy atom. The van der Waals surface area contributed by atoms with E-state index < -0.39 is 17.5 Å². The van der Waals surface area contributed by atoms with E-state index in [9.17, 15) is 18.0 Å². The van der Waals surface area contributed by atoms with Gasteiger partial charge >= 0.3 is 6.18 Å². The van der Waals surface area contributed by atoms with Gasteiger partial charge in [-0.15, -0.1) is 0 Å². The lowest BCUT2D eigenvalue weighted by molar-refractivity contribution is -0.0885. The summed E-state index contributed by atoms with van der Waals surface area (Å²) in [5, 5.41) is 0. The van der Waals surface area contributed by atoms with Crippen LogP contribution in [0.4, 0.5) is 19.0 Å². The number of hydrogen-bond donors (Lipinski definition) is 0. The second kappa shape index (κ2) is 6.63. The van der Waals surface area contributed by atoms with Crippen LogP contribution in [0.25, 0.3) is 0 Å². The second-order valence-corrected chi connectivity index (χ2v) is 6.02. The molecule has 2 heterocycles. The van der Waals surface area contributed by atoms with Gasteiger partial charge < -0.3 is 4.90 Å². The van der Waals surface area contributed by atoms with Crippen molar-refractivity contribution in [2.45, 2.75) is 19.0 Å². The van der Waals surface area contributed by atoms with Gasteiger partial charge in [-0.25, -0.2) is 4.98 Å². The first-order valence-electron chi connectivity index (χ1n) is 7.80. The molecule has 24 heavy (non-hydrogen) atoms. The molecule has 1 aliphatic rings. The molecule has 0 spiro atoms. The molecule has 1 aromatic heterocycles. The molecule has 1 fully saturated rings. The zero-order valence-corrected chi connectivity index (χ0v) is 13.0. The summed E-state index contributed by atoms with van der Waals surface area (Å²) < 4.78 is 37.2. The van der Waals surface area contributed by atoms with Gasteiger partial charge in [0.15, 0.2) is 0 Å². The molecule has 1 aromatic carbocycles. The maximum absolute atomic E-state index is 12.4. The van der Waals surface area contributed by atoms with Crippen molar-refractivity contribution in [3.8, 4) is 0 Å². The van der Waals surface area contributed by atoms with Crippen LogP contribution in [0, 0.1) is 5.92 Å². The summed E-state index contributed by atoms with van der Waals surface area (Å²) >= 11 is 0. The average molecular weight is 334 g/mol. The first-order valence-corrected chi connectivity index (χ1v) is 7.80. The molecule has 3 nitrogen and oxygen atoms in total. The van der Waals surface area contributed by atoms with Crippen molar-refractivity contribution in [2.75, 3.05) is 18.0 Å². The summed E-state index contributed by atoms with van der Waals surface area (Å²) in [6.45, 7) is 1.63. The summed E-state index contributed by atoms with van der Waals surface area (Å²) in [6.07, 6.45) is -1.87. The van der Waals surface area contributed by atoms with Crippen molar-refractivity contribution in [1.82, 2.24) is 4.98 Å². The van der Waals surface area contributed by atoms with Crippen LogP contribution in [0.1, 0.15) is 22.3 Å². The third kappa shape index (κ3) is 3.75. The number of hydrogen-bond acceptors (Lipinski definition) is 3. The Labute approximate surface area is 138 Å². The lowest BCUT2D eigenvalue weighted by Gasteiger charge is -2.18. The molecule has 0 bridgehead atoms. The minimum Gasteiger partial charge on any atom is -0.356 e. The fourth-order valence-corrected chi connectivity index (χ4v) is 3.03. The van der Waals surface area contributed by atoms with Gasteiger partial charge in [-0.3, -0.25) is 4.79 Å². The Balaban J connectivity index is 1.63. The fraction of sp³-hybridized carbons (Fsp3) is 0.333. The average Bonchev–Trinajstić information content (AvgIpc) is 3.03. The predicted octanol–water partition coefficient (Wildman–Crippen LogP) is 3.90. The standard InChI is InChI=1S/C18H17F3N2O/c19-18(20,21)17(24)15-6-7-16(22-11-15)23-9-8-14(12-23)10-13-4-2-1-3-5-13/h1-7,11,14H,8-10,12H2. The van der Waals surface area contributed by atoms with Crippen molar-refractivity contribution < 1.29 is 18.0 Å². The normalized spacial score (nSPS) is 18.0. The molecule has 1 atom stereocenters. The van der Waals surface area contributed by atoms with E-state index in [4.69, 9.17) is 0 Å². The van der Waals surface area contributed by atoms with E-state index in [-0.39, 0.29) is 0 Å². The van der Waals surface area contributed by atoms with Crippen molar-refractivity contribution >= 4 is 11.6 Å². The number of aromatic nitrogens is 1. The van der Waals surface area contributed by atoms with E-state index in [1.165, 1.54) is 17.7 Å². The van der Waals surface area contributed by atoms with E-state index >= 15 is 0 Å². The van der Waals surface area contributed by atoms with Gasteiger partial charge in [0, 0.05) is 24.8 Å². The van der Waals surface area contributed by atoms with Gasteiger partial charge in [0.25, 0.3) is 5.78 Å². The van der Waals surface area contributed by atoms with Gasteiger partial charge in [-0.1, -0.05) is 30.3 Å². The molecule has 0 radical (unpaired) electrons. The summed E-state index contributed by atoms with van der Waals surface area (Å²) in [7, 11) is 0. The number of Topliss-reactive ketones (excluding diaryl/α,β-unsaturated/α-hetero) is 1. The number of ketones is 1. The highest BCUT2D eigenvalue weighted by atomic mass is 19.4. The number of halogens is 3. The Morgan fingerprint density at radius 3 is 2.54 bits per heavy atom. The van der Waals surface area contributed by atoms with Crippen LogP contribution in [0.3, 0.4) is 0 Å². The van der Waals surface area contributed by atoms with E-state index in [2.05, 4.69) is 22.0 Å². The van der Waals surface area contributed by atoms with Crippen molar-refractivity contribution in [1.29, 1.82) is 0 Å². The van der Waals surface area contributed by atoms with Crippen LogP contribution >= 0.6 is 0 Å². The van der Waals surface area contributed by atoms with Gasteiger partial charge in [-0.05, 0) is 36.5 Å². The highest BCUT2D eigenvalue weighted by molar-refractivity contribution is 6.00. The molecule has 3 rings (SSSR count). The Kier molecular flexibility index (Phi) is 4.55. The highest BCUT2D eigenvalue weighted by Crippen LogP contribution is 2.26. The van der Waals surface area contributed by atoms with Gasteiger partial charge in [0.2, 0.25) is 0 Å². The minimum atomic E-state index is -4.86. The maximum atomic E-state index is 12.4. The predicted molar refractivity (Wildman–Crippen MR) is 85.1 cm³/mol. The monoisotopic (exact) mass is 334 g/mol. The second-order valence-electron chi connectivity index (χ2n) is 6.02. The summed E-state index contributed by atoms with van der Waals surface area (Å²) in [4.78, 5) is 17.3. The Morgan fingerprint density at radius 1 is 1.17 bits per heavy atom. The van der Waals surface area contributed by atoms with Gasteiger partial charge in [0.1, 0.15) is 5.82 Å². The zero-order valence-electron chi connectivity index (χ0n) is 13.0. The first kappa shape index (κ1) is 16.5. The van der Waals surface area contributed by atoms with Crippen LogP contribution in [0.2, 0.25) is 0 Å². The lowest BCUT2D eigenvalue weighted by atomic mass is 9.99. The van der Waals surface area contributed by atoms with E-state index in [1.54, 1.807) is 0 Å². The van der Waals surface area contributed by atoms with Crippen molar-refractivity contribution in [3.05, 3.63) is 59.8 Å². The third-order valence-electron chi connectivity index (χ3n) is 4.24. The number of anilines is 1. The molecular weight excluding hydrogens is 317 g/mol. The Hall–Kier alpha value is -2.37. The molecule has 0 aliphatic carbocycles. The smallest absolute Gasteiger partial charge is 0.356 e. The number of pyridine rings is 1. The van der Waals surface area contributed by atoms with Crippen LogP contribution in [0.5, 0.6) is 0 Å². The molecule has 0 N–H and O–H groups in total. The highest BCUT2D eigenvalue weighted by Gasteiger charge is 2.39. The molecule has 0 amide bonds. The molecule has 0 saturated carbocycles. The number of nitrogens with zero attached hydrogens (tertiary/aromatic N) is 2. The topological polar surface area (TPSA) is 33.2 Å². The SMILES string of the molecule is O=C(c1ccc(N2CCC(Cc3ccccc3)C2)nc1)C(F)(F)F. The number of alkyl halides is 3. The number of carbonyl (C=O) groups excluding carboxylic acids is 1. The largest absolute Gasteiger partial charge is 0.454 e. The number of carbonyl (C=O) groups is 1. The van der Waals surface area contributed by atoms with Crippen molar-refractivity contribution in [2.24, 2.45) is 5.92 Å². The van der Waals surface area contributed by atoms with E-state index in [1.807, 2.05) is 18.2 Å². The van der Waals surface area contributed by atoms with Crippen LogP contribution in [-0.2, 0) is 6.42 Å². The molecule has 6 heteroatoms. The molecule has 2 aromatic rings. The van der Waals surface area contributed by atoms with E-state index in [0.29, 0.717) is 11.7 Å². The first-order chi connectivity index (χ1) is 11.4. The summed E-state index contributed by atoms with van der Waals surface area (Å²) in [6, 6.07) is 12.9. The lowest BCUT2D eigenvalue weighted by Crippen LogP contribution is -2.24. The van der Waals surface area contributed by atoms with Gasteiger partial charge in [0.05, 0.1) is 0 Å². The third-order valence-corrected chi connectivity index (χ3v) is 4.24. The van der Waals surface area contributed by atoms with Crippen LogP contribution in [-0.4, -0.2) is 30.0 Å².